The number of rotatable bonds is 0. The van der Waals surface area contributed by atoms with Gasteiger partial charge < -0.3 is 10.8 Å². The zero-order valence-corrected chi connectivity index (χ0v) is 7.40. The van der Waals surface area contributed by atoms with Crippen LogP contribution in [0, 0.1) is 0 Å². The normalized spacial score (nSPS) is 35.0. The smallest absolute Gasteiger partial charge is 0.0678 e. The molecule has 0 aromatic heterocycles. The molecule has 2 nitrogen and oxygen atoms in total. The quantitative estimate of drug-likeness (QED) is 0.588. The molecule has 0 radical (unpaired) electrons. The summed E-state index contributed by atoms with van der Waals surface area (Å²) < 4.78 is 0. The summed E-state index contributed by atoms with van der Waals surface area (Å²) in [4.78, 5) is 0. The largest absolute Gasteiger partial charge is 0.398 e. The van der Waals surface area contributed by atoms with E-state index in [2.05, 4.69) is 6.07 Å². The molecule has 2 bridgehead atoms. The van der Waals surface area contributed by atoms with Gasteiger partial charge in [0.15, 0.2) is 0 Å². The Morgan fingerprint density at radius 2 is 2.00 bits per heavy atom. The third kappa shape index (κ3) is 0.767. The van der Waals surface area contributed by atoms with E-state index in [0.29, 0.717) is 11.8 Å². The highest BCUT2D eigenvalue weighted by molar-refractivity contribution is 5.59. The van der Waals surface area contributed by atoms with E-state index >= 15 is 0 Å². The van der Waals surface area contributed by atoms with Crippen molar-refractivity contribution in [3.05, 3.63) is 29.3 Å². The van der Waals surface area contributed by atoms with Gasteiger partial charge in [-0.3, -0.25) is 0 Å². The van der Waals surface area contributed by atoms with Crippen LogP contribution in [0.2, 0.25) is 0 Å². The molecule has 1 saturated carbocycles. The van der Waals surface area contributed by atoms with Crippen LogP contribution in [-0.2, 0) is 0 Å². The average molecular weight is 175 g/mol. The summed E-state index contributed by atoms with van der Waals surface area (Å²) in [5.41, 5.74) is 9.30. The Kier molecular flexibility index (Phi) is 1.29. The van der Waals surface area contributed by atoms with Crippen molar-refractivity contribution in [2.45, 2.75) is 30.8 Å². The molecular weight excluding hydrogens is 162 g/mol. The second kappa shape index (κ2) is 2.26. The number of aliphatic hydroxyl groups excluding tert-OH is 1. The lowest BCUT2D eigenvalue weighted by atomic mass is 9.91. The van der Waals surface area contributed by atoms with Crippen molar-refractivity contribution in [3.63, 3.8) is 0 Å². The topological polar surface area (TPSA) is 46.2 Å². The van der Waals surface area contributed by atoms with Gasteiger partial charge in [0.2, 0.25) is 0 Å². The first-order valence-electron chi connectivity index (χ1n) is 4.85. The first-order chi connectivity index (χ1) is 6.29. The van der Waals surface area contributed by atoms with Gasteiger partial charge in [-0.25, -0.2) is 0 Å². The predicted octanol–water partition coefficient (Wildman–Crippen LogP) is 1.60. The third-order valence-electron chi connectivity index (χ3n) is 3.56. The molecule has 1 aromatic carbocycles. The standard InChI is InChI=1S/C11H13NO/c12-9-3-1-2-6-7-4-5-8(10(6)9)11(7)13/h1-3,7-8,11,13H,4-5,12H2/t7-,8+,11?/m0/s1. The fraction of sp³-hybridized carbons (Fsp3) is 0.455. The van der Waals surface area contributed by atoms with Gasteiger partial charge in [0, 0.05) is 17.5 Å². The molecule has 13 heavy (non-hydrogen) atoms. The molecule has 0 spiro atoms. The minimum Gasteiger partial charge on any atom is -0.398 e. The molecule has 3 rings (SSSR count). The minimum absolute atomic E-state index is 0.167. The van der Waals surface area contributed by atoms with Crippen molar-refractivity contribution in [1.82, 2.24) is 0 Å². The zero-order valence-electron chi connectivity index (χ0n) is 7.40. The van der Waals surface area contributed by atoms with E-state index in [1.54, 1.807) is 0 Å². The summed E-state index contributed by atoms with van der Waals surface area (Å²) in [6.45, 7) is 0. The van der Waals surface area contributed by atoms with E-state index in [1.807, 2.05) is 12.1 Å². The highest BCUT2D eigenvalue weighted by Crippen LogP contribution is 2.54. The molecule has 2 heteroatoms. The van der Waals surface area contributed by atoms with E-state index in [4.69, 9.17) is 5.73 Å². The van der Waals surface area contributed by atoms with Gasteiger partial charge in [-0.2, -0.15) is 0 Å². The number of benzene rings is 1. The van der Waals surface area contributed by atoms with Crippen LogP contribution in [0.4, 0.5) is 5.69 Å². The van der Waals surface area contributed by atoms with Crippen molar-refractivity contribution in [2.75, 3.05) is 5.73 Å². The van der Waals surface area contributed by atoms with Crippen LogP contribution in [-0.4, -0.2) is 11.2 Å². The fourth-order valence-corrected chi connectivity index (χ4v) is 2.99. The molecule has 0 saturated heterocycles. The van der Waals surface area contributed by atoms with E-state index in [1.165, 1.54) is 11.1 Å². The SMILES string of the molecule is Nc1cccc2c1[C@H]1CC[C@@H]2C1O. The summed E-state index contributed by atoms with van der Waals surface area (Å²) in [6.07, 6.45) is 2.06. The van der Waals surface area contributed by atoms with E-state index < -0.39 is 0 Å². The molecule has 1 aromatic rings. The van der Waals surface area contributed by atoms with Crippen LogP contribution in [0.1, 0.15) is 35.8 Å². The van der Waals surface area contributed by atoms with Crippen molar-refractivity contribution in [2.24, 2.45) is 0 Å². The third-order valence-corrected chi connectivity index (χ3v) is 3.56. The van der Waals surface area contributed by atoms with Gasteiger partial charge in [-0.15, -0.1) is 0 Å². The van der Waals surface area contributed by atoms with Gasteiger partial charge in [0.1, 0.15) is 0 Å². The second-order valence-electron chi connectivity index (χ2n) is 4.13. The number of hydrogen-bond acceptors (Lipinski definition) is 2. The Balaban J connectivity index is 2.24. The number of anilines is 1. The van der Waals surface area contributed by atoms with Gasteiger partial charge >= 0.3 is 0 Å². The maximum absolute atomic E-state index is 9.92. The van der Waals surface area contributed by atoms with Crippen molar-refractivity contribution >= 4 is 5.69 Å². The highest BCUT2D eigenvalue weighted by Gasteiger charge is 2.45. The van der Waals surface area contributed by atoms with Crippen molar-refractivity contribution in [3.8, 4) is 0 Å². The number of hydrogen-bond donors (Lipinski definition) is 2. The number of nitrogen functional groups attached to an aromatic ring is 1. The van der Waals surface area contributed by atoms with Gasteiger partial charge in [0.25, 0.3) is 0 Å². The van der Waals surface area contributed by atoms with Gasteiger partial charge in [0.05, 0.1) is 6.10 Å². The zero-order chi connectivity index (χ0) is 9.00. The first-order valence-corrected chi connectivity index (χ1v) is 4.85. The van der Waals surface area contributed by atoms with Crippen LogP contribution < -0.4 is 5.73 Å². The van der Waals surface area contributed by atoms with Crippen molar-refractivity contribution < 1.29 is 5.11 Å². The molecule has 2 aliphatic rings. The molecule has 0 heterocycles. The predicted molar refractivity (Wildman–Crippen MR) is 51.6 cm³/mol. The number of aliphatic hydroxyl groups is 1. The summed E-state index contributed by atoms with van der Waals surface area (Å²) in [7, 11) is 0. The Labute approximate surface area is 77.4 Å². The lowest BCUT2D eigenvalue weighted by molar-refractivity contribution is 0.159. The van der Waals surface area contributed by atoms with E-state index in [9.17, 15) is 5.11 Å². The average Bonchev–Trinajstić information content (AvgIpc) is 2.61. The van der Waals surface area contributed by atoms with Crippen LogP contribution in [0.5, 0.6) is 0 Å². The molecule has 1 unspecified atom stereocenters. The van der Waals surface area contributed by atoms with Crippen LogP contribution in [0.3, 0.4) is 0 Å². The molecule has 0 amide bonds. The molecule has 3 atom stereocenters. The second-order valence-corrected chi connectivity index (χ2v) is 4.13. The lowest BCUT2D eigenvalue weighted by Crippen LogP contribution is -2.09. The first kappa shape index (κ1) is 7.39. The molecule has 2 aliphatic carbocycles. The van der Waals surface area contributed by atoms with Crippen molar-refractivity contribution in [1.29, 1.82) is 0 Å². The summed E-state index contributed by atoms with van der Waals surface area (Å²) in [5.74, 6) is 0.685. The number of nitrogens with two attached hydrogens (primary N) is 1. The molecule has 0 aliphatic heterocycles. The summed E-state index contributed by atoms with van der Waals surface area (Å²) in [6, 6.07) is 6.03. The Bertz CT molecular complexity index is 361. The molecule has 1 fully saturated rings. The van der Waals surface area contributed by atoms with E-state index in [0.717, 1.165) is 18.5 Å². The van der Waals surface area contributed by atoms with Crippen LogP contribution in [0.15, 0.2) is 18.2 Å². The Hall–Kier alpha value is -1.02. The fourth-order valence-electron chi connectivity index (χ4n) is 2.99. The summed E-state index contributed by atoms with van der Waals surface area (Å²) >= 11 is 0. The van der Waals surface area contributed by atoms with E-state index in [-0.39, 0.29) is 6.10 Å². The molecule has 68 valence electrons. The Morgan fingerprint density at radius 3 is 2.77 bits per heavy atom. The van der Waals surface area contributed by atoms with Crippen LogP contribution >= 0.6 is 0 Å². The lowest BCUT2D eigenvalue weighted by Gasteiger charge is -2.15. The maximum Gasteiger partial charge on any atom is 0.0678 e. The van der Waals surface area contributed by atoms with Crippen LogP contribution in [0.25, 0.3) is 0 Å². The van der Waals surface area contributed by atoms with Gasteiger partial charge in [-0.05, 0) is 30.0 Å². The minimum atomic E-state index is -0.167. The Morgan fingerprint density at radius 1 is 1.23 bits per heavy atom. The highest BCUT2D eigenvalue weighted by atomic mass is 16.3. The molecule has 3 N–H and O–H groups in total. The van der Waals surface area contributed by atoms with Gasteiger partial charge in [-0.1, -0.05) is 12.1 Å². The number of fused-ring (bicyclic) bond motifs is 5. The monoisotopic (exact) mass is 175 g/mol. The summed E-state index contributed by atoms with van der Waals surface area (Å²) in [5, 5.41) is 9.92. The molecular formula is C11H13NO. The maximum atomic E-state index is 9.92.